The molecule has 1 aliphatic carbocycles. The summed E-state index contributed by atoms with van der Waals surface area (Å²) in [5, 5.41) is 3.44. The Morgan fingerprint density at radius 3 is 2.84 bits per heavy atom. The Hall–Kier alpha value is -1.22. The third-order valence-corrected chi connectivity index (χ3v) is 4.66. The second-order valence-electron chi connectivity index (χ2n) is 6.08. The molecule has 3 atom stereocenters. The summed E-state index contributed by atoms with van der Waals surface area (Å²) in [4.78, 5) is 0. The summed E-state index contributed by atoms with van der Waals surface area (Å²) >= 11 is 0. The maximum absolute atomic E-state index is 6.41. The van der Waals surface area contributed by atoms with Crippen molar-refractivity contribution >= 4 is 0 Å². The van der Waals surface area contributed by atoms with Gasteiger partial charge in [-0.3, -0.25) is 0 Å². The lowest BCUT2D eigenvalue weighted by molar-refractivity contribution is 0.0345. The molecule has 1 heterocycles. The average molecular weight is 261 g/mol. The predicted molar refractivity (Wildman–Crippen MR) is 75.8 cm³/mol. The highest BCUT2D eigenvalue weighted by Crippen LogP contribution is 2.49. The number of ether oxygens (including phenoxy) is 2. The molecule has 2 aliphatic rings. The van der Waals surface area contributed by atoms with Crippen molar-refractivity contribution in [3.05, 3.63) is 23.8 Å². The summed E-state index contributed by atoms with van der Waals surface area (Å²) in [6.07, 6.45) is 4.69. The van der Waals surface area contributed by atoms with Crippen molar-refractivity contribution in [3.8, 4) is 11.5 Å². The van der Waals surface area contributed by atoms with Gasteiger partial charge in [0.1, 0.15) is 17.1 Å². The zero-order chi connectivity index (χ0) is 13.5. The first kappa shape index (κ1) is 12.8. The molecule has 104 valence electrons. The number of rotatable bonds is 2. The number of fused-ring (bicyclic) bond motifs is 1. The Morgan fingerprint density at radius 1 is 1.37 bits per heavy atom. The van der Waals surface area contributed by atoms with E-state index in [2.05, 4.69) is 18.3 Å². The molecule has 0 amide bonds. The minimum Gasteiger partial charge on any atom is -0.497 e. The van der Waals surface area contributed by atoms with E-state index in [9.17, 15) is 0 Å². The van der Waals surface area contributed by atoms with Crippen LogP contribution in [0, 0.1) is 5.92 Å². The van der Waals surface area contributed by atoms with E-state index in [0.717, 1.165) is 23.8 Å². The normalized spacial score (nSPS) is 33.0. The topological polar surface area (TPSA) is 30.5 Å². The van der Waals surface area contributed by atoms with Crippen LogP contribution in [0.25, 0.3) is 0 Å². The minimum atomic E-state index is 0.0342. The SMILES string of the molecule is CNC1CC2(CCC(C)C2)Oc2cc(OC)ccc21. The highest BCUT2D eigenvalue weighted by atomic mass is 16.5. The van der Waals surface area contributed by atoms with Gasteiger partial charge in [0.25, 0.3) is 0 Å². The van der Waals surface area contributed by atoms with E-state index >= 15 is 0 Å². The Bertz CT molecular complexity index is 474. The van der Waals surface area contributed by atoms with Gasteiger partial charge in [0.15, 0.2) is 0 Å². The van der Waals surface area contributed by atoms with Crippen LogP contribution in [0.4, 0.5) is 0 Å². The van der Waals surface area contributed by atoms with Crippen LogP contribution in [-0.2, 0) is 0 Å². The van der Waals surface area contributed by atoms with Crippen molar-refractivity contribution in [3.63, 3.8) is 0 Å². The number of hydrogen-bond donors (Lipinski definition) is 1. The van der Waals surface area contributed by atoms with Crippen LogP contribution < -0.4 is 14.8 Å². The lowest BCUT2D eigenvalue weighted by Crippen LogP contribution is -2.41. The Morgan fingerprint density at radius 2 is 2.21 bits per heavy atom. The number of hydrogen-bond acceptors (Lipinski definition) is 3. The molecule has 1 fully saturated rings. The van der Waals surface area contributed by atoms with E-state index < -0.39 is 0 Å². The van der Waals surface area contributed by atoms with Gasteiger partial charge in [-0.05, 0) is 38.3 Å². The second-order valence-corrected chi connectivity index (χ2v) is 6.08. The monoisotopic (exact) mass is 261 g/mol. The van der Waals surface area contributed by atoms with Crippen LogP contribution in [-0.4, -0.2) is 19.8 Å². The van der Waals surface area contributed by atoms with Crippen molar-refractivity contribution in [2.45, 2.75) is 44.2 Å². The maximum Gasteiger partial charge on any atom is 0.128 e. The molecule has 3 nitrogen and oxygen atoms in total. The highest BCUT2D eigenvalue weighted by molar-refractivity contribution is 5.44. The van der Waals surface area contributed by atoms with Gasteiger partial charge in [0.05, 0.1) is 7.11 Å². The quantitative estimate of drug-likeness (QED) is 0.886. The first-order valence-electron chi connectivity index (χ1n) is 7.20. The third-order valence-electron chi connectivity index (χ3n) is 4.66. The van der Waals surface area contributed by atoms with Crippen molar-refractivity contribution in [1.29, 1.82) is 0 Å². The first-order chi connectivity index (χ1) is 9.15. The van der Waals surface area contributed by atoms with Gasteiger partial charge >= 0.3 is 0 Å². The van der Waals surface area contributed by atoms with E-state index in [0.29, 0.717) is 6.04 Å². The van der Waals surface area contributed by atoms with E-state index in [4.69, 9.17) is 9.47 Å². The Labute approximate surface area is 115 Å². The fourth-order valence-corrected chi connectivity index (χ4v) is 3.66. The molecule has 0 bridgehead atoms. The molecule has 3 heteroatoms. The highest BCUT2D eigenvalue weighted by Gasteiger charge is 2.45. The van der Waals surface area contributed by atoms with Crippen LogP contribution >= 0.6 is 0 Å². The number of methoxy groups -OCH3 is 1. The van der Waals surface area contributed by atoms with Crippen molar-refractivity contribution in [1.82, 2.24) is 5.32 Å². The fourth-order valence-electron chi connectivity index (χ4n) is 3.66. The summed E-state index contributed by atoms with van der Waals surface area (Å²) in [7, 11) is 3.74. The molecule has 1 aliphatic heterocycles. The fraction of sp³-hybridized carbons (Fsp3) is 0.625. The van der Waals surface area contributed by atoms with Crippen molar-refractivity contribution in [2.24, 2.45) is 5.92 Å². The molecule has 19 heavy (non-hydrogen) atoms. The zero-order valence-electron chi connectivity index (χ0n) is 12.0. The van der Waals surface area contributed by atoms with Gasteiger partial charge in [-0.1, -0.05) is 13.0 Å². The van der Waals surface area contributed by atoms with Gasteiger partial charge in [0, 0.05) is 24.1 Å². The largest absolute Gasteiger partial charge is 0.497 e. The van der Waals surface area contributed by atoms with E-state index in [1.165, 1.54) is 24.8 Å². The first-order valence-corrected chi connectivity index (χ1v) is 7.20. The summed E-state index contributed by atoms with van der Waals surface area (Å²) in [6, 6.07) is 6.56. The predicted octanol–water partition coefficient (Wildman–Crippen LogP) is 3.30. The molecule has 3 unspecified atom stereocenters. The minimum absolute atomic E-state index is 0.0342. The smallest absolute Gasteiger partial charge is 0.128 e. The third kappa shape index (κ3) is 2.20. The van der Waals surface area contributed by atoms with Gasteiger partial charge < -0.3 is 14.8 Å². The Balaban J connectivity index is 1.96. The van der Waals surface area contributed by atoms with Gasteiger partial charge in [-0.15, -0.1) is 0 Å². The van der Waals surface area contributed by atoms with Crippen molar-refractivity contribution < 1.29 is 9.47 Å². The second kappa shape index (κ2) is 4.71. The number of benzene rings is 1. The zero-order valence-corrected chi connectivity index (χ0v) is 12.0. The van der Waals surface area contributed by atoms with E-state index in [1.54, 1.807) is 7.11 Å². The van der Waals surface area contributed by atoms with Gasteiger partial charge in [-0.2, -0.15) is 0 Å². The molecule has 1 aromatic carbocycles. The molecule has 0 radical (unpaired) electrons. The lowest BCUT2D eigenvalue weighted by atomic mass is 9.85. The van der Waals surface area contributed by atoms with E-state index in [1.807, 2.05) is 19.2 Å². The van der Waals surface area contributed by atoms with Gasteiger partial charge in [0.2, 0.25) is 0 Å². The van der Waals surface area contributed by atoms with Crippen molar-refractivity contribution in [2.75, 3.05) is 14.2 Å². The molecule has 1 spiro atoms. The summed E-state index contributed by atoms with van der Waals surface area (Å²) in [6.45, 7) is 2.33. The van der Waals surface area contributed by atoms with Crippen LogP contribution in [0.1, 0.15) is 44.2 Å². The molecule has 1 N–H and O–H groups in total. The molecule has 0 saturated heterocycles. The number of nitrogens with one attached hydrogen (secondary N) is 1. The van der Waals surface area contributed by atoms with Crippen LogP contribution in [0.5, 0.6) is 11.5 Å². The Kier molecular flexibility index (Phi) is 3.17. The summed E-state index contributed by atoms with van der Waals surface area (Å²) < 4.78 is 11.7. The summed E-state index contributed by atoms with van der Waals surface area (Å²) in [5.41, 5.74) is 1.29. The molecule has 1 aromatic rings. The van der Waals surface area contributed by atoms with Gasteiger partial charge in [-0.25, -0.2) is 0 Å². The molecule has 3 rings (SSSR count). The summed E-state index contributed by atoms with van der Waals surface area (Å²) in [5.74, 6) is 2.64. The van der Waals surface area contributed by atoms with E-state index in [-0.39, 0.29) is 5.60 Å². The molecule has 0 aromatic heterocycles. The average Bonchev–Trinajstić information content (AvgIpc) is 2.77. The molecule has 1 saturated carbocycles. The van der Waals surface area contributed by atoms with Crippen LogP contribution in [0.3, 0.4) is 0 Å². The molecular weight excluding hydrogens is 238 g/mol. The standard InChI is InChI=1S/C16H23NO2/c1-11-6-7-16(9-11)10-14(17-2)13-5-4-12(18-3)8-15(13)19-16/h4-5,8,11,14,17H,6-7,9-10H2,1-3H3. The lowest BCUT2D eigenvalue weighted by Gasteiger charge is -2.40. The maximum atomic E-state index is 6.41. The van der Waals surface area contributed by atoms with Crippen LogP contribution in [0.2, 0.25) is 0 Å². The van der Waals surface area contributed by atoms with Crippen LogP contribution in [0.15, 0.2) is 18.2 Å². The molecular formula is C16H23NO2.